The van der Waals surface area contributed by atoms with E-state index in [1.165, 1.54) is 38.9 Å². The molecule has 7 nitrogen and oxygen atoms in total. The molecule has 2 fully saturated rings. The van der Waals surface area contributed by atoms with Crippen molar-refractivity contribution in [1.82, 2.24) is 20.2 Å². The molecule has 0 spiro atoms. The SMILES string of the molecule is Clc1ccc(CNc2nc(N3CCOC(CCCN4CCCC4)C3)nc3c2CNCC3)c(Cl)c1. The number of rotatable bonds is 8. The first-order chi connectivity index (χ1) is 16.7. The van der Waals surface area contributed by atoms with E-state index in [0.29, 0.717) is 16.6 Å². The third-order valence-corrected chi connectivity index (χ3v) is 7.59. The Kier molecular flexibility index (Phi) is 8.07. The maximum Gasteiger partial charge on any atom is 0.227 e. The zero-order valence-corrected chi connectivity index (χ0v) is 21.2. The Bertz CT molecular complexity index is 984. The molecule has 1 unspecified atom stereocenters. The maximum atomic E-state index is 6.40. The van der Waals surface area contributed by atoms with Crippen molar-refractivity contribution in [3.05, 3.63) is 45.1 Å². The Morgan fingerprint density at radius 2 is 2.03 bits per heavy atom. The topological polar surface area (TPSA) is 65.5 Å². The van der Waals surface area contributed by atoms with Gasteiger partial charge < -0.3 is 25.2 Å². The lowest BCUT2D eigenvalue weighted by molar-refractivity contribution is 0.0320. The van der Waals surface area contributed by atoms with Crippen LogP contribution in [0.1, 0.15) is 42.5 Å². The van der Waals surface area contributed by atoms with Gasteiger partial charge in [-0.1, -0.05) is 29.3 Å². The van der Waals surface area contributed by atoms with Gasteiger partial charge in [0.05, 0.1) is 18.4 Å². The van der Waals surface area contributed by atoms with Gasteiger partial charge >= 0.3 is 0 Å². The number of anilines is 2. The van der Waals surface area contributed by atoms with Gasteiger partial charge in [-0.05, 0) is 63.0 Å². The molecule has 2 saturated heterocycles. The van der Waals surface area contributed by atoms with E-state index < -0.39 is 0 Å². The van der Waals surface area contributed by atoms with Gasteiger partial charge in [0.25, 0.3) is 0 Å². The first-order valence-electron chi connectivity index (χ1n) is 12.5. The van der Waals surface area contributed by atoms with Crippen LogP contribution < -0.4 is 15.5 Å². The summed E-state index contributed by atoms with van der Waals surface area (Å²) in [5, 5.41) is 8.27. The molecule has 34 heavy (non-hydrogen) atoms. The first-order valence-corrected chi connectivity index (χ1v) is 13.3. The van der Waals surface area contributed by atoms with Crippen molar-refractivity contribution in [2.75, 3.05) is 56.1 Å². The number of aromatic nitrogens is 2. The fourth-order valence-electron chi connectivity index (χ4n) is 5.09. The number of fused-ring (bicyclic) bond motifs is 1. The van der Waals surface area contributed by atoms with Crippen LogP contribution in [0, 0.1) is 0 Å². The van der Waals surface area contributed by atoms with Crippen molar-refractivity contribution >= 4 is 35.0 Å². The highest BCUT2D eigenvalue weighted by Gasteiger charge is 2.25. The molecule has 1 aromatic carbocycles. The Morgan fingerprint density at radius 1 is 1.15 bits per heavy atom. The van der Waals surface area contributed by atoms with E-state index >= 15 is 0 Å². The van der Waals surface area contributed by atoms with Gasteiger partial charge in [0.15, 0.2) is 0 Å². The Balaban J connectivity index is 1.27. The van der Waals surface area contributed by atoms with Crippen LogP contribution in [0.3, 0.4) is 0 Å². The molecule has 0 amide bonds. The predicted molar refractivity (Wildman–Crippen MR) is 138 cm³/mol. The summed E-state index contributed by atoms with van der Waals surface area (Å²) in [6.07, 6.45) is 6.11. The van der Waals surface area contributed by atoms with Gasteiger partial charge in [-0.15, -0.1) is 0 Å². The van der Waals surface area contributed by atoms with Gasteiger partial charge in [-0.2, -0.15) is 4.98 Å². The van der Waals surface area contributed by atoms with Crippen molar-refractivity contribution in [1.29, 1.82) is 0 Å². The average molecular weight is 505 g/mol. The van der Waals surface area contributed by atoms with Crippen molar-refractivity contribution in [2.45, 2.75) is 51.3 Å². The predicted octanol–water partition coefficient (Wildman–Crippen LogP) is 4.12. The molecule has 0 bridgehead atoms. The molecule has 0 aliphatic carbocycles. The van der Waals surface area contributed by atoms with E-state index in [0.717, 1.165) is 74.2 Å². The third-order valence-electron chi connectivity index (χ3n) is 7.00. The number of hydrogen-bond donors (Lipinski definition) is 2. The zero-order valence-electron chi connectivity index (χ0n) is 19.7. The summed E-state index contributed by atoms with van der Waals surface area (Å²) < 4.78 is 6.10. The molecule has 4 heterocycles. The van der Waals surface area contributed by atoms with Crippen molar-refractivity contribution < 1.29 is 4.74 Å². The lowest BCUT2D eigenvalue weighted by Crippen LogP contribution is -2.44. The molecule has 1 aromatic heterocycles. The van der Waals surface area contributed by atoms with E-state index in [1.54, 1.807) is 6.07 Å². The van der Waals surface area contributed by atoms with Crippen LogP contribution in [0.15, 0.2) is 18.2 Å². The number of nitrogens with zero attached hydrogens (tertiary/aromatic N) is 4. The second kappa shape index (κ2) is 11.4. The van der Waals surface area contributed by atoms with Crippen LogP contribution in [-0.2, 0) is 24.2 Å². The van der Waals surface area contributed by atoms with Crippen LogP contribution in [0.5, 0.6) is 0 Å². The number of morpholine rings is 1. The summed E-state index contributed by atoms with van der Waals surface area (Å²) in [6.45, 7) is 8.38. The quantitative estimate of drug-likeness (QED) is 0.560. The van der Waals surface area contributed by atoms with E-state index in [1.807, 2.05) is 12.1 Å². The molecular weight excluding hydrogens is 471 g/mol. The van der Waals surface area contributed by atoms with E-state index in [4.69, 9.17) is 37.9 Å². The summed E-state index contributed by atoms with van der Waals surface area (Å²) in [7, 11) is 0. The third kappa shape index (κ3) is 5.94. The fourth-order valence-corrected chi connectivity index (χ4v) is 5.56. The van der Waals surface area contributed by atoms with Crippen molar-refractivity contribution in [3.8, 4) is 0 Å². The van der Waals surface area contributed by atoms with Crippen molar-refractivity contribution in [2.24, 2.45) is 0 Å². The van der Waals surface area contributed by atoms with Gasteiger partial charge in [0, 0.05) is 54.8 Å². The van der Waals surface area contributed by atoms with Gasteiger partial charge in [-0.3, -0.25) is 0 Å². The first kappa shape index (κ1) is 24.1. The second-order valence-electron chi connectivity index (χ2n) is 9.44. The highest BCUT2D eigenvalue weighted by Crippen LogP contribution is 2.27. The van der Waals surface area contributed by atoms with Crippen LogP contribution in [0.25, 0.3) is 0 Å². The monoisotopic (exact) mass is 504 g/mol. The molecule has 3 aliphatic heterocycles. The number of likely N-dealkylation sites (tertiary alicyclic amines) is 1. The minimum Gasteiger partial charge on any atom is -0.375 e. The maximum absolute atomic E-state index is 6.40. The summed E-state index contributed by atoms with van der Waals surface area (Å²) in [6, 6.07) is 5.60. The van der Waals surface area contributed by atoms with Gasteiger partial charge in [0.1, 0.15) is 5.82 Å². The van der Waals surface area contributed by atoms with Crippen LogP contribution in [0.2, 0.25) is 10.0 Å². The van der Waals surface area contributed by atoms with Gasteiger partial charge in [-0.25, -0.2) is 4.98 Å². The van der Waals surface area contributed by atoms with Crippen molar-refractivity contribution in [3.63, 3.8) is 0 Å². The van der Waals surface area contributed by atoms with E-state index in [9.17, 15) is 0 Å². The summed E-state index contributed by atoms with van der Waals surface area (Å²) >= 11 is 12.5. The Labute approximate surface area is 212 Å². The number of benzene rings is 1. The average Bonchev–Trinajstić information content (AvgIpc) is 3.37. The molecule has 184 valence electrons. The summed E-state index contributed by atoms with van der Waals surface area (Å²) in [5.41, 5.74) is 3.27. The minimum absolute atomic E-state index is 0.238. The number of hydrogen-bond acceptors (Lipinski definition) is 7. The molecule has 0 saturated carbocycles. The van der Waals surface area contributed by atoms with Gasteiger partial charge in [0.2, 0.25) is 5.95 Å². The lowest BCUT2D eigenvalue weighted by atomic mass is 10.1. The van der Waals surface area contributed by atoms with Crippen LogP contribution >= 0.6 is 23.2 Å². The molecule has 2 aromatic rings. The fraction of sp³-hybridized carbons (Fsp3) is 0.600. The Hall–Kier alpha value is -1.64. The van der Waals surface area contributed by atoms with E-state index in [2.05, 4.69) is 20.4 Å². The number of ether oxygens (including phenoxy) is 1. The summed E-state index contributed by atoms with van der Waals surface area (Å²) in [5.74, 6) is 1.69. The molecule has 0 radical (unpaired) electrons. The summed E-state index contributed by atoms with van der Waals surface area (Å²) in [4.78, 5) is 14.8. The highest BCUT2D eigenvalue weighted by atomic mass is 35.5. The molecule has 2 N–H and O–H groups in total. The molecule has 5 rings (SSSR count). The molecule has 1 atom stereocenters. The number of halogens is 2. The highest BCUT2D eigenvalue weighted by molar-refractivity contribution is 6.35. The Morgan fingerprint density at radius 3 is 2.88 bits per heavy atom. The second-order valence-corrected chi connectivity index (χ2v) is 10.3. The van der Waals surface area contributed by atoms with Crippen LogP contribution in [0.4, 0.5) is 11.8 Å². The standard InChI is InChI=1S/C25H34Cl2N6O/c26-19-6-5-18(22(27)14-19)15-29-24-21-16-28-8-7-23(21)30-25(31-24)33-12-13-34-20(17-33)4-3-11-32-9-1-2-10-32/h5-6,14,20,28H,1-4,7-13,15-17H2,(H,29,30,31). The largest absolute Gasteiger partial charge is 0.375 e. The van der Waals surface area contributed by atoms with Crippen LogP contribution in [-0.4, -0.2) is 66.8 Å². The van der Waals surface area contributed by atoms with E-state index in [-0.39, 0.29) is 6.10 Å². The molecular formula is C25H34Cl2N6O. The minimum atomic E-state index is 0.238. The zero-order chi connectivity index (χ0) is 23.3. The normalized spacial score (nSPS) is 21.0. The molecule has 3 aliphatic rings. The smallest absolute Gasteiger partial charge is 0.227 e. The molecule has 9 heteroatoms. The number of nitrogens with one attached hydrogen (secondary N) is 2. The lowest BCUT2D eigenvalue weighted by Gasteiger charge is -2.34.